The molecule has 0 aliphatic carbocycles. The van der Waals surface area contributed by atoms with Crippen LogP contribution in [-0.4, -0.2) is 36.8 Å². The molecule has 2 amide bonds. The van der Waals surface area contributed by atoms with E-state index >= 15 is 0 Å². The fourth-order valence-corrected chi connectivity index (χ4v) is 1.38. The molecule has 0 saturated carbocycles. The van der Waals surface area contributed by atoms with E-state index in [-0.39, 0.29) is 30.7 Å². The van der Waals surface area contributed by atoms with Gasteiger partial charge < -0.3 is 20.5 Å². The number of benzene rings is 1. The number of ether oxygens (including phenoxy) is 1. The summed E-state index contributed by atoms with van der Waals surface area (Å²) in [6.45, 7) is 4.82. The molecule has 0 atom stereocenters. The molecule has 3 N–H and O–H groups in total. The van der Waals surface area contributed by atoms with Gasteiger partial charge in [-0.1, -0.05) is 19.9 Å². The van der Waals surface area contributed by atoms with Gasteiger partial charge in [0.15, 0.2) is 0 Å². The second kappa shape index (κ2) is 8.04. The number of carbonyl (C=O) groups is 2. The van der Waals surface area contributed by atoms with Gasteiger partial charge in [-0.2, -0.15) is 0 Å². The molecule has 0 aliphatic heterocycles. The van der Waals surface area contributed by atoms with Crippen LogP contribution < -0.4 is 10.6 Å². The highest BCUT2D eigenvalue weighted by atomic mass is 16.5. The van der Waals surface area contributed by atoms with Gasteiger partial charge in [0.25, 0.3) is 5.91 Å². The minimum atomic E-state index is -0.495. The van der Waals surface area contributed by atoms with Gasteiger partial charge in [0.05, 0.1) is 6.61 Å². The van der Waals surface area contributed by atoms with Crippen LogP contribution in [-0.2, 0) is 4.74 Å². The van der Waals surface area contributed by atoms with E-state index < -0.39 is 6.09 Å². The van der Waals surface area contributed by atoms with Crippen LogP contribution in [0, 0.1) is 5.92 Å². The Bertz CT molecular complexity index is 460. The van der Waals surface area contributed by atoms with E-state index in [4.69, 9.17) is 4.74 Å². The number of nitrogens with one attached hydrogen (secondary N) is 2. The lowest BCUT2D eigenvalue weighted by molar-refractivity contribution is 0.0951. The molecule has 1 aromatic carbocycles. The van der Waals surface area contributed by atoms with Crippen molar-refractivity contribution < 1.29 is 19.4 Å². The Morgan fingerprint density at radius 1 is 1.25 bits per heavy atom. The number of hydrogen-bond acceptors (Lipinski definition) is 4. The zero-order valence-corrected chi connectivity index (χ0v) is 11.7. The molecule has 0 bridgehead atoms. The molecule has 0 aliphatic rings. The van der Waals surface area contributed by atoms with Gasteiger partial charge >= 0.3 is 6.09 Å². The van der Waals surface area contributed by atoms with Crippen molar-refractivity contribution in [1.29, 1.82) is 0 Å². The van der Waals surface area contributed by atoms with E-state index in [1.165, 1.54) is 12.1 Å². The molecule has 1 aromatic rings. The normalized spacial score (nSPS) is 10.2. The lowest BCUT2D eigenvalue weighted by atomic mass is 10.2. The van der Waals surface area contributed by atoms with Crippen LogP contribution in [0.5, 0.6) is 5.75 Å². The van der Waals surface area contributed by atoms with Crippen molar-refractivity contribution in [3.8, 4) is 5.75 Å². The van der Waals surface area contributed by atoms with Crippen molar-refractivity contribution in [2.24, 2.45) is 5.92 Å². The topological polar surface area (TPSA) is 87.7 Å². The number of carbonyl (C=O) groups excluding carboxylic acids is 2. The summed E-state index contributed by atoms with van der Waals surface area (Å²) in [6.07, 6.45) is -0.495. The number of rotatable bonds is 6. The van der Waals surface area contributed by atoms with Gasteiger partial charge in [-0.25, -0.2) is 4.79 Å². The molecule has 110 valence electrons. The summed E-state index contributed by atoms with van der Waals surface area (Å²) in [4.78, 5) is 22.9. The van der Waals surface area contributed by atoms with Crippen molar-refractivity contribution in [1.82, 2.24) is 10.6 Å². The number of phenolic OH excluding ortho intramolecular Hbond substituents is 1. The first-order chi connectivity index (χ1) is 9.49. The van der Waals surface area contributed by atoms with Crippen molar-refractivity contribution in [3.63, 3.8) is 0 Å². The Kier molecular flexibility index (Phi) is 6.36. The van der Waals surface area contributed by atoms with Crippen LogP contribution in [0.2, 0.25) is 0 Å². The first kappa shape index (κ1) is 15.8. The zero-order chi connectivity index (χ0) is 15.0. The first-order valence-electron chi connectivity index (χ1n) is 6.47. The summed E-state index contributed by atoms with van der Waals surface area (Å²) in [5.74, 6) is 0.0116. The van der Waals surface area contributed by atoms with Crippen LogP contribution in [0.25, 0.3) is 0 Å². The number of alkyl carbamates (subject to hydrolysis) is 1. The molecule has 20 heavy (non-hydrogen) atoms. The second-order valence-corrected chi connectivity index (χ2v) is 4.73. The highest BCUT2D eigenvalue weighted by Crippen LogP contribution is 2.10. The fraction of sp³-hybridized carbons (Fsp3) is 0.429. The summed E-state index contributed by atoms with van der Waals surface area (Å²) in [7, 11) is 0. The van der Waals surface area contributed by atoms with Crippen LogP contribution in [0.1, 0.15) is 24.2 Å². The van der Waals surface area contributed by atoms with Crippen LogP contribution in [0.15, 0.2) is 24.3 Å². The van der Waals surface area contributed by atoms with Crippen LogP contribution >= 0.6 is 0 Å². The third-order valence-electron chi connectivity index (χ3n) is 2.34. The minimum Gasteiger partial charge on any atom is -0.508 e. The lowest BCUT2D eigenvalue weighted by Gasteiger charge is -2.09. The van der Waals surface area contributed by atoms with Crippen LogP contribution in [0.3, 0.4) is 0 Å². The molecule has 0 radical (unpaired) electrons. The number of hydrogen-bond donors (Lipinski definition) is 3. The van der Waals surface area contributed by atoms with E-state index in [9.17, 15) is 14.7 Å². The highest BCUT2D eigenvalue weighted by molar-refractivity contribution is 5.94. The van der Waals surface area contributed by atoms with E-state index in [1.807, 2.05) is 13.8 Å². The quantitative estimate of drug-likeness (QED) is 0.689. The molecule has 0 spiro atoms. The Morgan fingerprint density at radius 2 is 1.95 bits per heavy atom. The predicted octanol–water partition coefficient (Wildman–Crippen LogP) is 1.50. The highest BCUT2D eigenvalue weighted by Gasteiger charge is 2.06. The SMILES string of the molecule is CC(C)COC(=O)NCCNC(=O)c1cccc(O)c1. The third kappa shape index (κ3) is 6.08. The van der Waals surface area contributed by atoms with E-state index in [0.29, 0.717) is 12.2 Å². The minimum absolute atomic E-state index is 0.0352. The van der Waals surface area contributed by atoms with Crippen molar-refractivity contribution >= 4 is 12.0 Å². The molecule has 0 fully saturated rings. The largest absolute Gasteiger partial charge is 0.508 e. The molecule has 6 heteroatoms. The molecular formula is C14H20N2O4. The van der Waals surface area contributed by atoms with Gasteiger partial charge in [-0.15, -0.1) is 0 Å². The maximum atomic E-state index is 11.7. The number of aromatic hydroxyl groups is 1. The van der Waals surface area contributed by atoms with Gasteiger partial charge in [0.2, 0.25) is 0 Å². The van der Waals surface area contributed by atoms with E-state index in [1.54, 1.807) is 12.1 Å². The van der Waals surface area contributed by atoms with Crippen LogP contribution in [0.4, 0.5) is 4.79 Å². The Hall–Kier alpha value is -2.24. The first-order valence-corrected chi connectivity index (χ1v) is 6.47. The molecule has 0 aromatic heterocycles. The molecule has 0 saturated heterocycles. The average molecular weight is 280 g/mol. The zero-order valence-electron chi connectivity index (χ0n) is 11.7. The third-order valence-corrected chi connectivity index (χ3v) is 2.34. The summed E-state index contributed by atoms with van der Waals surface area (Å²) < 4.78 is 4.92. The molecule has 0 unspecified atom stereocenters. The van der Waals surface area contributed by atoms with Crippen molar-refractivity contribution in [2.45, 2.75) is 13.8 Å². The van der Waals surface area contributed by atoms with Crippen molar-refractivity contribution in [2.75, 3.05) is 19.7 Å². The van der Waals surface area contributed by atoms with Gasteiger partial charge in [0.1, 0.15) is 5.75 Å². The number of amides is 2. The smallest absolute Gasteiger partial charge is 0.407 e. The summed E-state index contributed by atoms with van der Waals surface area (Å²) in [5.41, 5.74) is 0.368. The molecule has 6 nitrogen and oxygen atoms in total. The summed E-state index contributed by atoms with van der Waals surface area (Å²) >= 11 is 0. The van der Waals surface area contributed by atoms with E-state index in [0.717, 1.165) is 0 Å². The molecule has 0 heterocycles. The monoisotopic (exact) mass is 280 g/mol. The molecular weight excluding hydrogens is 260 g/mol. The predicted molar refractivity (Wildman–Crippen MR) is 74.6 cm³/mol. The van der Waals surface area contributed by atoms with E-state index in [2.05, 4.69) is 10.6 Å². The maximum absolute atomic E-state index is 11.7. The Labute approximate surface area is 118 Å². The van der Waals surface area contributed by atoms with Crippen molar-refractivity contribution in [3.05, 3.63) is 29.8 Å². The Morgan fingerprint density at radius 3 is 2.60 bits per heavy atom. The fourth-order valence-electron chi connectivity index (χ4n) is 1.38. The Balaban J connectivity index is 2.21. The maximum Gasteiger partial charge on any atom is 0.407 e. The summed E-state index contributed by atoms with van der Waals surface area (Å²) in [6, 6.07) is 6.05. The average Bonchev–Trinajstić information content (AvgIpc) is 2.41. The van der Waals surface area contributed by atoms with Gasteiger partial charge in [-0.3, -0.25) is 4.79 Å². The lowest BCUT2D eigenvalue weighted by Crippen LogP contribution is -2.35. The van der Waals surface area contributed by atoms with Gasteiger partial charge in [-0.05, 0) is 24.1 Å². The second-order valence-electron chi connectivity index (χ2n) is 4.73. The summed E-state index contributed by atoms with van der Waals surface area (Å²) in [5, 5.41) is 14.4. The standard InChI is InChI=1S/C14H20N2O4/c1-10(2)9-20-14(19)16-7-6-15-13(18)11-4-3-5-12(17)8-11/h3-5,8,10,17H,6-7,9H2,1-2H3,(H,15,18)(H,16,19). The molecule has 1 rings (SSSR count). The van der Waals surface area contributed by atoms with Gasteiger partial charge in [0, 0.05) is 18.7 Å². The number of phenols is 1.